The molecular formula is C44H40BF4IrP2-. The summed E-state index contributed by atoms with van der Waals surface area (Å²) in [5.41, 5.74) is 1.41. The summed E-state index contributed by atoms with van der Waals surface area (Å²) in [6.07, 6.45) is 1.14. The van der Waals surface area contributed by atoms with Gasteiger partial charge in [-0.05, 0) is 59.7 Å². The van der Waals surface area contributed by atoms with Crippen LogP contribution < -0.4 is 31.8 Å². The van der Waals surface area contributed by atoms with Crippen LogP contribution in [0.1, 0.15) is 12.5 Å². The van der Waals surface area contributed by atoms with Crippen molar-refractivity contribution < 1.29 is 37.4 Å². The van der Waals surface area contributed by atoms with Gasteiger partial charge in [-0.3, -0.25) is 0 Å². The molecule has 0 aliphatic rings. The van der Waals surface area contributed by atoms with E-state index >= 15 is 0 Å². The molecule has 7 aromatic carbocycles. The zero-order valence-electron chi connectivity index (χ0n) is 28.7. The zero-order chi connectivity index (χ0) is 36.2. The van der Waals surface area contributed by atoms with E-state index in [1.54, 1.807) is 0 Å². The molecular weight excluding hydrogens is 869 g/mol. The fourth-order valence-corrected chi connectivity index (χ4v) is 9.68. The maximum atomic E-state index is 9.75. The minimum absolute atomic E-state index is 0. The van der Waals surface area contributed by atoms with E-state index in [1.165, 1.54) is 37.4 Å². The third-order valence-electron chi connectivity index (χ3n) is 7.34. The van der Waals surface area contributed by atoms with Crippen LogP contribution in [0.5, 0.6) is 0 Å². The summed E-state index contributed by atoms with van der Waals surface area (Å²) in [6, 6.07) is 75.1. The van der Waals surface area contributed by atoms with Crippen LogP contribution in [0, 0.1) is 0 Å². The Bertz CT molecular complexity index is 1590. The van der Waals surface area contributed by atoms with Gasteiger partial charge in [-0.15, -0.1) is 0 Å². The maximum absolute atomic E-state index is 9.75. The summed E-state index contributed by atoms with van der Waals surface area (Å²) >= 11 is 0. The molecule has 0 fully saturated rings. The molecule has 0 spiro atoms. The molecule has 267 valence electrons. The van der Waals surface area contributed by atoms with Crippen molar-refractivity contribution in [3.63, 3.8) is 0 Å². The molecule has 0 saturated heterocycles. The van der Waals surface area contributed by atoms with Gasteiger partial charge < -0.3 is 17.3 Å². The minimum Gasteiger partial charge on any atom is -0.418 e. The summed E-state index contributed by atoms with van der Waals surface area (Å²) in [5.74, 6) is 0. The molecule has 8 heteroatoms. The van der Waals surface area contributed by atoms with Crippen molar-refractivity contribution >= 4 is 54.9 Å². The van der Waals surface area contributed by atoms with Gasteiger partial charge in [0, 0.05) is 20.1 Å². The Morgan fingerprint density at radius 3 is 0.615 bits per heavy atom. The van der Waals surface area contributed by atoms with Crippen molar-refractivity contribution in [3.05, 3.63) is 218 Å². The number of hydrogen-bond donors (Lipinski definition) is 0. The van der Waals surface area contributed by atoms with Crippen LogP contribution in [0.15, 0.2) is 212 Å². The molecule has 0 aliphatic carbocycles. The summed E-state index contributed by atoms with van der Waals surface area (Å²) in [5, 5.41) is 8.39. The van der Waals surface area contributed by atoms with Crippen LogP contribution >= 0.6 is 15.8 Å². The van der Waals surface area contributed by atoms with Crippen LogP contribution in [0.2, 0.25) is 0 Å². The molecule has 52 heavy (non-hydrogen) atoms. The molecule has 7 rings (SSSR count). The van der Waals surface area contributed by atoms with Gasteiger partial charge in [-0.1, -0.05) is 219 Å². The molecule has 0 atom stereocenters. The maximum Gasteiger partial charge on any atom is 0.673 e. The molecule has 0 bridgehead atoms. The molecule has 0 saturated carbocycles. The largest absolute Gasteiger partial charge is 0.673 e. The van der Waals surface area contributed by atoms with E-state index in [1.807, 2.05) is 6.07 Å². The second kappa shape index (κ2) is 23.4. The quantitative estimate of drug-likeness (QED) is 0.0849. The Kier molecular flexibility index (Phi) is 19.0. The monoisotopic (exact) mass is 910 g/mol. The van der Waals surface area contributed by atoms with E-state index in [0.717, 1.165) is 6.42 Å². The van der Waals surface area contributed by atoms with Crippen LogP contribution in [0.3, 0.4) is 0 Å². The van der Waals surface area contributed by atoms with Gasteiger partial charge in [-0.2, -0.15) is 0 Å². The fourth-order valence-electron chi connectivity index (χ4n) is 5.07. The topological polar surface area (TPSA) is 0 Å². The predicted octanol–water partition coefficient (Wildman–Crippen LogP) is 10.4. The number of rotatable bonds is 7. The van der Waals surface area contributed by atoms with Crippen molar-refractivity contribution in [1.82, 2.24) is 0 Å². The van der Waals surface area contributed by atoms with E-state index < -0.39 is 23.1 Å². The van der Waals surface area contributed by atoms with E-state index in [-0.39, 0.29) is 20.1 Å². The first kappa shape index (κ1) is 42.2. The van der Waals surface area contributed by atoms with Crippen molar-refractivity contribution in [2.24, 2.45) is 0 Å². The van der Waals surface area contributed by atoms with Gasteiger partial charge in [0.25, 0.3) is 0 Å². The van der Waals surface area contributed by atoms with E-state index in [2.05, 4.69) is 213 Å². The number of aryl methyl sites for hydroxylation is 1. The number of halogens is 4. The van der Waals surface area contributed by atoms with Gasteiger partial charge in [0.1, 0.15) is 0 Å². The molecule has 0 unspecified atom stereocenters. The summed E-state index contributed by atoms with van der Waals surface area (Å²) in [6.45, 7) is 2.16. The van der Waals surface area contributed by atoms with Crippen LogP contribution in [-0.4, -0.2) is 7.25 Å². The first-order chi connectivity index (χ1) is 24.8. The van der Waals surface area contributed by atoms with Crippen molar-refractivity contribution in [1.29, 1.82) is 0 Å². The van der Waals surface area contributed by atoms with Crippen LogP contribution in [0.4, 0.5) is 17.3 Å². The SMILES string of the molecule is CCc1ccccc1.F[B-](F)(F)F.[Ir].c1ccc(P(c2ccccc2)c2ccccc2)cc1.c1ccc(P(c2ccccc2)c2ccccc2)cc1. The molecule has 0 aliphatic heterocycles. The first-order valence-electron chi connectivity index (χ1n) is 16.6. The number of hydrogen-bond acceptors (Lipinski definition) is 0. The Labute approximate surface area is 322 Å². The number of benzene rings is 7. The third-order valence-corrected chi connectivity index (χ3v) is 12.2. The molecule has 0 nitrogen and oxygen atoms in total. The summed E-state index contributed by atoms with van der Waals surface area (Å²) < 4.78 is 39.0. The molecule has 0 N–H and O–H groups in total. The van der Waals surface area contributed by atoms with Gasteiger partial charge in [0.2, 0.25) is 0 Å². The van der Waals surface area contributed by atoms with Gasteiger partial charge in [-0.25, -0.2) is 0 Å². The Morgan fingerprint density at radius 2 is 0.481 bits per heavy atom. The second-order valence-corrected chi connectivity index (χ2v) is 15.5. The van der Waals surface area contributed by atoms with Crippen LogP contribution in [0.25, 0.3) is 0 Å². The molecule has 0 heterocycles. The Hall–Kier alpha value is -4.17. The molecule has 1 radical (unpaired) electrons. The average Bonchev–Trinajstić information content (AvgIpc) is 3.18. The standard InChI is InChI=1S/2C18H15P.C8H10.BF4.Ir/c2*1-4-10-16(11-5-1)19(17-12-6-2-7-13-17)18-14-8-3-9-15-18;1-2-8-6-4-3-5-7-8;2-1(3,4)5;/h2*1-15H;3-7H,2H2,1H3;;/q;;;-1;. The smallest absolute Gasteiger partial charge is 0.418 e. The predicted molar refractivity (Wildman–Crippen MR) is 216 cm³/mol. The second-order valence-electron chi connectivity index (χ2n) is 11.0. The van der Waals surface area contributed by atoms with Crippen molar-refractivity contribution in [2.45, 2.75) is 13.3 Å². The third kappa shape index (κ3) is 15.2. The summed E-state index contributed by atoms with van der Waals surface area (Å²) in [7, 11) is -6.89. The molecule has 0 aromatic heterocycles. The summed E-state index contributed by atoms with van der Waals surface area (Å²) in [4.78, 5) is 0. The van der Waals surface area contributed by atoms with E-state index in [4.69, 9.17) is 0 Å². The van der Waals surface area contributed by atoms with E-state index in [0.29, 0.717) is 0 Å². The normalized spacial score (nSPS) is 10.3. The molecule has 0 amide bonds. The first-order valence-corrected chi connectivity index (χ1v) is 19.3. The van der Waals surface area contributed by atoms with Crippen molar-refractivity contribution in [3.8, 4) is 0 Å². The average molecular weight is 910 g/mol. The van der Waals surface area contributed by atoms with E-state index in [9.17, 15) is 17.3 Å². The zero-order valence-corrected chi connectivity index (χ0v) is 32.9. The molecule has 7 aromatic rings. The minimum atomic E-state index is -6.00. The van der Waals surface area contributed by atoms with Gasteiger partial charge in [0.15, 0.2) is 0 Å². The van der Waals surface area contributed by atoms with Crippen molar-refractivity contribution in [2.75, 3.05) is 0 Å². The Morgan fingerprint density at radius 1 is 0.327 bits per heavy atom. The van der Waals surface area contributed by atoms with Gasteiger partial charge in [0.05, 0.1) is 0 Å². The Balaban J connectivity index is 0.000000208. The van der Waals surface area contributed by atoms with Gasteiger partial charge >= 0.3 is 7.25 Å². The van der Waals surface area contributed by atoms with Crippen LogP contribution in [-0.2, 0) is 26.5 Å². The fraction of sp³-hybridized carbons (Fsp3) is 0.0455.